The lowest BCUT2D eigenvalue weighted by molar-refractivity contribution is 0.0932. The first-order valence-corrected chi connectivity index (χ1v) is 9.43. The summed E-state index contributed by atoms with van der Waals surface area (Å²) in [6.45, 7) is 2.39. The van der Waals surface area contributed by atoms with Crippen LogP contribution in [0, 0.1) is 6.92 Å². The predicted molar refractivity (Wildman–Crippen MR) is 110 cm³/mol. The van der Waals surface area contributed by atoms with Gasteiger partial charge in [-0.25, -0.2) is 4.79 Å². The molecular formula is C24H22N2O2. The summed E-state index contributed by atoms with van der Waals surface area (Å²) in [4.78, 5) is 27.7. The number of amides is 2. The number of ketones is 1. The van der Waals surface area contributed by atoms with Crippen LogP contribution in [-0.4, -0.2) is 16.7 Å². The van der Waals surface area contributed by atoms with Gasteiger partial charge in [0.05, 0.1) is 6.04 Å². The fraction of sp³-hybridized carbons (Fsp3) is 0.167. The van der Waals surface area contributed by atoms with Gasteiger partial charge in [0.15, 0.2) is 5.78 Å². The standard InChI is InChI=1S/C24H22N2O2/c1-17-9-5-6-12-19(17)23(27)15-22-20-13-7-8-14-21(20)25-24(28)26(22)16-18-10-3-2-4-11-18/h2-14,22H,15-16H2,1H3,(H,25,28). The van der Waals surface area contributed by atoms with Crippen LogP contribution in [0.5, 0.6) is 0 Å². The van der Waals surface area contributed by atoms with Crippen LogP contribution in [0.15, 0.2) is 78.9 Å². The first kappa shape index (κ1) is 18.0. The number of Topliss-reactive ketones (excluding diaryl/α,β-unsaturated/α-hetero) is 1. The van der Waals surface area contributed by atoms with Crippen molar-refractivity contribution in [1.29, 1.82) is 0 Å². The Kier molecular flexibility index (Phi) is 4.94. The maximum Gasteiger partial charge on any atom is 0.322 e. The molecule has 0 aliphatic carbocycles. The summed E-state index contributed by atoms with van der Waals surface area (Å²) < 4.78 is 0. The molecule has 0 bridgehead atoms. The Morgan fingerprint density at radius 3 is 2.39 bits per heavy atom. The van der Waals surface area contributed by atoms with E-state index in [4.69, 9.17) is 0 Å². The summed E-state index contributed by atoms with van der Waals surface area (Å²) in [7, 11) is 0. The molecule has 2 amide bonds. The molecule has 1 unspecified atom stereocenters. The average molecular weight is 370 g/mol. The molecule has 3 aromatic rings. The lowest BCUT2D eigenvalue weighted by atomic mass is 9.92. The zero-order valence-electron chi connectivity index (χ0n) is 15.8. The zero-order valence-corrected chi connectivity index (χ0v) is 15.8. The third-order valence-electron chi connectivity index (χ3n) is 5.22. The van der Waals surface area contributed by atoms with Crippen LogP contribution in [0.4, 0.5) is 10.5 Å². The van der Waals surface area contributed by atoms with Gasteiger partial charge in [0.2, 0.25) is 0 Å². The monoisotopic (exact) mass is 370 g/mol. The van der Waals surface area contributed by atoms with Crippen LogP contribution in [0.3, 0.4) is 0 Å². The molecule has 0 radical (unpaired) electrons. The van der Waals surface area contributed by atoms with Crippen LogP contribution in [0.1, 0.15) is 39.5 Å². The number of hydrogen-bond donors (Lipinski definition) is 1. The lowest BCUT2D eigenvalue weighted by Crippen LogP contribution is -2.42. The number of para-hydroxylation sites is 1. The zero-order chi connectivity index (χ0) is 19.5. The summed E-state index contributed by atoms with van der Waals surface area (Å²) >= 11 is 0. The molecule has 0 saturated heterocycles. The van der Waals surface area contributed by atoms with Crippen molar-refractivity contribution in [2.45, 2.75) is 25.9 Å². The molecule has 1 aliphatic heterocycles. The number of carbonyl (C=O) groups excluding carboxylic acids is 2. The van der Waals surface area contributed by atoms with E-state index in [1.807, 2.05) is 85.8 Å². The molecule has 140 valence electrons. The number of urea groups is 1. The number of fused-ring (bicyclic) bond motifs is 1. The van der Waals surface area contributed by atoms with Crippen LogP contribution in [-0.2, 0) is 6.54 Å². The SMILES string of the molecule is Cc1ccccc1C(=O)CC1c2ccccc2NC(=O)N1Cc1ccccc1. The molecule has 1 atom stereocenters. The van der Waals surface area contributed by atoms with Crippen molar-refractivity contribution < 1.29 is 9.59 Å². The van der Waals surface area contributed by atoms with Gasteiger partial charge in [-0.15, -0.1) is 0 Å². The molecular weight excluding hydrogens is 348 g/mol. The second-order valence-corrected chi connectivity index (χ2v) is 7.09. The van der Waals surface area contributed by atoms with Crippen LogP contribution < -0.4 is 5.32 Å². The Balaban J connectivity index is 1.69. The maximum absolute atomic E-state index is 13.1. The molecule has 1 aliphatic rings. The summed E-state index contributed by atoms with van der Waals surface area (Å²) in [6.07, 6.45) is 0.252. The second kappa shape index (κ2) is 7.69. The van der Waals surface area contributed by atoms with Gasteiger partial charge in [-0.3, -0.25) is 4.79 Å². The minimum Gasteiger partial charge on any atom is -0.313 e. The average Bonchev–Trinajstić information content (AvgIpc) is 2.71. The molecule has 1 heterocycles. The van der Waals surface area contributed by atoms with Crippen molar-refractivity contribution in [3.63, 3.8) is 0 Å². The van der Waals surface area contributed by atoms with Crippen LogP contribution >= 0.6 is 0 Å². The van der Waals surface area contributed by atoms with Gasteiger partial charge in [-0.2, -0.15) is 0 Å². The van der Waals surface area contributed by atoms with E-state index in [1.54, 1.807) is 4.90 Å². The largest absolute Gasteiger partial charge is 0.322 e. The molecule has 4 nitrogen and oxygen atoms in total. The minimum absolute atomic E-state index is 0.0469. The van der Waals surface area contributed by atoms with Gasteiger partial charge >= 0.3 is 6.03 Å². The van der Waals surface area contributed by atoms with Crippen LogP contribution in [0.25, 0.3) is 0 Å². The normalized spacial score (nSPS) is 15.7. The van der Waals surface area contributed by atoms with Crippen molar-refractivity contribution in [2.24, 2.45) is 0 Å². The Morgan fingerprint density at radius 2 is 1.61 bits per heavy atom. The van der Waals surface area contributed by atoms with Crippen molar-refractivity contribution in [1.82, 2.24) is 4.90 Å². The first-order chi connectivity index (χ1) is 13.6. The third-order valence-corrected chi connectivity index (χ3v) is 5.22. The topological polar surface area (TPSA) is 49.4 Å². The van der Waals surface area contributed by atoms with Gasteiger partial charge < -0.3 is 10.2 Å². The van der Waals surface area contributed by atoms with Crippen molar-refractivity contribution in [3.8, 4) is 0 Å². The number of benzene rings is 3. The minimum atomic E-state index is -0.308. The van der Waals surface area contributed by atoms with Gasteiger partial charge in [-0.05, 0) is 29.7 Å². The van der Waals surface area contributed by atoms with Gasteiger partial charge in [-0.1, -0.05) is 72.8 Å². The number of nitrogens with one attached hydrogen (secondary N) is 1. The third kappa shape index (κ3) is 3.54. The summed E-state index contributed by atoms with van der Waals surface area (Å²) in [5, 5.41) is 2.96. The van der Waals surface area contributed by atoms with E-state index in [0.29, 0.717) is 12.1 Å². The lowest BCUT2D eigenvalue weighted by Gasteiger charge is -2.37. The summed E-state index contributed by atoms with van der Waals surface area (Å²) in [5.74, 6) is 0.0469. The highest BCUT2D eigenvalue weighted by Crippen LogP contribution is 2.37. The highest BCUT2D eigenvalue weighted by Gasteiger charge is 2.34. The highest BCUT2D eigenvalue weighted by molar-refractivity contribution is 5.99. The van der Waals surface area contributed by atoms with E-state index < -0.39 is 0 Å². The van der Waals surface area contributed by atoms with E-state index in [-0.39, 0.29) is 24.3 Å². The second-order valence-electron chi connectivity index (χ2n) is 7.09. The number of rotatable bonds is 5. The predicted octanol–water partition coefficient (Wildman–Crippen LogP) is 5.36. The maximum atomic E-state index is 13.1. The quantitative estimate of drug-likeness (QED) is 0.615. The molecule has 3 aromatic carbocycles. The fourth-order valence-corrected chi connectivity index (χ4v) is 3.75. The first-order valence-electron chi connectivity index (χ1n) is 9.43. The molecule has 0 aromatic heterocycles. The van der Waals surface area contributed by atoms with E-state index in [0.717, 1.165) is 22.4 Å². The molecule has 0 saturated carbocycles. The van der Waals surface area contributed by atoms with E-state index in [9.17, 15) is 9.59 Å². The molecule has 28 heavy (non-hydrogen) atoms. The number of aryl methyl sites for hydroxylation is 1. The highest BCUT2D eigenvalue weighted by atomic mass is 16.2. The summed E-state index contributed by atoms with van der Waals surface area (Å²) in [6, 6.07) is 24.7. The van der Waals surface area contributed by atoms with Gasteiger partial charge in [0.25, 0.3) is 0 Å². The Hall–Kier alpha value is -3.40. The number of hydrogen-bond acceptors (Lipinski definition) is 2. The Bertz CT molecular complexity index is 1010. The van der Waals surface area contributed by atoms with Gasteiger partial charge in [0.1, 0.15) is 0 Å². The van der Waals surface area contributed by atoms with E-state index in [1.165, 1.54) is 0 Å². The van der Waals surface area contributed by atoms with E-state index in [2.05, 4.69) is 5.32 Å². The van der Waals surface area contributed by atoms with Crippen molar-refractivity contribution in [3.05, 3.63) is 101 Å². The fourth-order valence-electron chi connectivity index (χ4n) is 3.75. The smallest absolute Gasteiger partial charge is 0.313 e. The molecule has 4 heteroatoms. The Labute approximate surface area is 164 Å². The molecule has 4 rings (SSSR count). The number of nitrogens with zero attached hydrogens (tertiary/aromatic N) is 1. The molecule has 0 spiro atoms. The molecule has 1 N–H and O–H groups in total. The van der Waals surface area contributed by atoms with Crippen molar-refractivity contribution in [2.75, 3.05) is 5.32 Å². The van der Waals surface area contributed by atoms with E-state index >= 15 is 0 Å². The van der Waals surface area contributed by atoms with Gasteiger partial charge in [0, 0.05) is 24.2 Å². The summed E-state index contributed by atoms with van der Waals surface area (Å²) in [5.41, 5.74) is 4.45. The number of anilines is 1. The van der Waals surface area contributed by atoms with Crippen molar-refractivity contribution >= 4 is 17.5 Å². The Morgan fingerprint density at radius 1 is 0.929 bits per heavy atom. The molecule has 0 fully saturated rings. The number of carbonyl (C=O) groups is 2. The van der Waals surface area contributed by atoms with Crippen LogP contribution in [0.2, 0.25) is 0 Å².